The smallest absolute Gasteiger partial charge is 0.349 e. The summed E-state index contributed by atoms with van der Waals surface area (Å²) < 4.78 is 6.69. The Morgan fingerprint density at radius 2 is 1.85 bits per heavy atom. The average molecular weight is 496 g/mol. The van der Waals surface area contributed by atoms with E-state index >= 15 is 0 Å². The SMILES string of the molecule is Cc1c(Cl)cccc1NC(=O)C(C)n1cnc2sc(C(=O)OCc3ccccc3)c(C)c2c1=O. The number of nitrogens with zero attached hydrogens (tertiary/aromatic N) is 2. The first-order chi connectivity index (χ1) is 16.3. The average Bonchev–Trinajstić information content (AvgIpc) is 3.18. The van der Waals surface area contributed by atoms with Crippen LogP contribution in [0.25, 0.3) is 10.2 Å². The minimum atomic E-state index is -0.837. The van der Waals surface area contributed by atoms with E-state index in [1.165, 1.54) is 10.9 Å². The Labute approximate surface area is 205 Å². The predicted molar refractivity (Wildman–Crippen MR) is 134 cm³/mol. The second kappa shape index (κ2) is 9.79. The molecule has 0 spiro atoms. The molecule has 2 aromatic heterocycles. The fourth-order valence-corrected chi connectivity index (χ4v) is 4.71. The Bertz CT molecular complexity index is 1450. The van der Waals surface area contributed by atoms with Crippen LogP contribution >= 0.6 is 22.9 Å². The summed E-state index contributed by atoms with van der Waals surface area (Å²) >= 11 is 7.24. The number of esters is 1. The standard InChI is InChI=1S/C25H22ClN3O4S/c1-14-18(26)10-7-11-19(14)28-22(30)16(3)29-13-27-23-20(24(29)31)15(2)21(34-23)25(32)33-12-17-8-5-4-6-9-17/h4-11,13,16H,12H2,1-3H3,(H,28,30). The number of carbonyl (C=O) groups excluding carboxylic acids is 2. The molecule has 1 atom stereocenters. The first-order valence-corrected chi connectivity index (χ1v) is 11.7. The van der Waals surface area contributed by atoms with Crippen LogP contribution in [0.4, 0.5) is 5.69 Å². The highest BCUT2D eigenvalue weighted by Crippen LogP contribution is 2.28. The lowest BCUT2D eigenvalue weighted by Crippen LogP contribution is -2.32. The van der Waals surface area contributed by atoms with Crippen LogP contribution < -0.4 is 10.9 Å². The van der Waals surface area contributed by atoms with E-state index in [0.29, 0.717) is 31.4 Å². The number of aromatic nitrogens is 2. The van der Waals surface area contributed by atoms with Crippen molar-refractivity contribution in [3.8, 4) is 0 Å². The van der Waals surface area contributed by atoms with Crippen molar-refractivity contribution < 1.29 is 14.3 Å². The molecule has 4 aromatic rings. The van der Waals surface area contributed by atoms with E-state index in [2.05, 4.69) is 10.3 Å². The first-order valence-electron chi connectivity index (χ1n) is 10.5. The van der Waals surface area contributed by atoms with Crippen LogP contribution in [0, 0.1) is 13.8 Å². The van der Waals surface area contributed by atoms with Gasteiger partial charge in [-0.2, -0.15) is 0 Å². The van der Waals surface area contributed by atoms with Gasteiger partial charge in [-0.25, -0.2) is 9.78 Å². The Morgan fingerprint density at radius 1 is 1.12 bits per heavy atom. The summed E-state index contributed by atoms with van der Waals surface area (Å²) in [6.45, 7) is 5.23. The molecular formula is C25H22ClN3O4S. The number of carbonyl (C=O) groups is 2. The van der Waals surface area contributed by atoms with Gasteiger partial charge >= 0.3 is 5.97 Å². The molecule has 34 heavy (non-hydrogen) atoms. The van der Waals surface area contributed by atoms with Gasteiger partial charge in [0.2, 0.25) is 5.91 Å². The van der Waals surface area contributed by atoms with E-state index in [4.69, 9.17) is 16.3 Å². The van der Waals surface area contributed by atoms with E-state index in [0.717, 1.165) is 22.5 Å². The normalized spacial score (nSPS) is 11.9. The van der Waals surface area contributed by atoms with E-state index in [9.17, 15) is 14.4 Å². The van der Waals surface area contributed by atoms with Gasteiger partial charge in [0.15, 0.2) is 0 Å². The zero-order chi connectivity index (χ0) is 24.4. The number of aryl methyl sites for hydroxylation is 1. The van der Waals surface area contributed by atoms with E-state index in [1.54, 1.807) is 39.0 Å². The van der Waals surface area contributed by atoms with Crippen molar-refractivity contribution in [3.63, 3.8) is 0 Å². The number of amides is 1. The van der Waals surface area contributed by atoms with Gasteiger partial charge < -0.3 is 10.1 Å². The van der Waals surface area contributed by atoms with Crippen molar-refractivity contribution in [2.24, 2.45) is 0 Å². The maximum Gasteiger partial charge on any atom is 0.349 e. The van der Waals surface area contributed by atoms with Crippen LogP contribution in [0.2, 0.25) is 5.02 Å². The molecule has 174 valence electrons. The zero-order valence-electron chi connectivity index (χ0n) is 18.8. The van der Waals surface area contributed by atoms with Gasteiger partial charge in [-0.15, -0.1) is 11.3 Å². The number of anilines is 1. The molecule has 0 aliphatic carbocycles. The van der Waals surface area contributed by atoms with Gasteiger partial charge in [-0.3, -0.25) is 14.2 Å². The molecule has 2 heterocycles. The quantitative estimate of drug-likeness (QED) is 0.367. The Balaban J connectivity index is 1.59. The molecule has 1 unspecified atom stereocenters. The van der Waals surface area contributed by atoms with Crippen molar-refractivity contribution in [1.82, 2.24) is 9.55 Å². The lowest BCUT2D eigenvalue weighted by atomic mass is 10.2. The second-order valence-corrected chi connectivity index (χ2v) is 9.24. The summed E-state index contributed by atoms with van der Waals surface area (Å²) in [6, 6.07) is 13.7. The van der Waals surface area contributed by atoms with Gasteiger partial charge in [-0.05, 0) is 49.6 Å². The molecule has 7 nitrogen and oxygen atoms in total. The highest BCUT2D eigenvalue weighted by atomic mass is 35.5. The molecule has 0 saturated carbocycles. The van der Waals surface area contributed by atoms with Gasteiger partial charge in [0.25, 0.3) is 5.56 Å². The Kier molecular flexibility index (Phi) is 6.81. The summed E-state index contributed by atoms with van der Waals surface area (Å²) in [5.41, 5.74) is 2.26. The predicted octanol–water partition coefficient (Wildman–Crippen LogP) is 5.28. The largest absolute Gasteiger partial charge is 0.457 e. The number of fused-ring (bicyclic) bond motifs is 1. The molecule has 0 fully saturated rings. The van der Waals surface area contributed by atoms with Gasteiger partial charge in [0, 0.05) is 10.7 Å². The number of thiophene rings is 1. The van der Waals surface area contributed by atoms with Gasteiger partial charge in [0.05, 0.1) is 11.7 Å². The molecule has 0 saturated heterocycles. The summed E-state index contributed by atoms with van der Waals surface area (Å²) in [5, 5.41) is 3.65. The molecule has 2 aromatic carbocycles. The number of halogens is 1. The van der Waals surface area contributed by atoms with Crippen molar-refractivity contribution in [3.05, 3.63) is 91.8 Å². The molecular weight excluding hydrogens is 474 g/mol. The third-order valence-electron chi connectivity index (χ3n) is 5.60. The van der Waals surface area contributed by atoms with Crippen LogP contribution in [-0.4, -0.2) is 21.4 Å². The minimum Gasteiger partial charge on any atom is -0.457 e. The summed E-state index contributed by atoms with van der Waals surface area (Å²) in [4.78, 5) is 43.9. The van der Waals surface area contributed by atoms with Crippen LogP contribution in [-0.2, 0) is 16.1 Å². The third kappa shape index (κ3) is 4.60. The van der Waals surface area contributed by atoms with Crippen LogP contribution in [0.15, 0.2) is 59.7 Å². The van der Waals surface area contributed by atoms with Crippen LogP contribution in [0.1, 0.15) is 39.3 Å². The summed E-state index contributed by atoms with van der Waals surface area (Å²) in [5.74, 6) is -0.901. The van der Waals surface area contributed by atoms with Crippen LogP contribution in [0.5, 0.6) is 0 Å². The number of benzene rings is 2. The zero-order valence-corrected chi connectivity index (χ0v) is 20.4. The fourth-order valence-electron chi connectivity index (χ4n) is 3.50. The van der Waals surface area contributed by atoms with Gasteiger partial charge in [-0.1, -0.05) is 48.0 Å². The maximum atomic E-state index is 13.3. The maximum absolute atomic E-state index is 13.3. The lowest BCUT2D eigenvalue weighted by molar-refractivity contribution is -0.118. The highest BCUT2D eigenvalue weighted by Gasteiger charge is 2.24. The highest BCUT2D eigenvalue weighted by molar-refractivity contribution is 7.20. The monoisotopic (exact) mass is 495 g/mol. The van der Waals surface area contributed by atoms with E-state index in [-0.39, 0.29) is 12.5 Å². The molecule has 1 amide bonds. The number of hydrogen-bond acceptors (Lipinski definition) is 6. The molecule has 4 rings (SSSR count). The summed E-state index contributed by atoms with van der Waals surface area (Å²) in [6.07, 6.45) is 1.33. The number of nitrogens with one attached hydrogen (secondary N) is 1. The molecule has 0 bridgehead atoms. The third-order valence-corrected chi connectivity index (χ3v) is 7.19. The molecule has 0 aliphatic rings. The Morgan fingerprint density at radius 3 is 2.59 bits per heavy atom. The van der Waals surface area contributed by atoms with Crippen molar-refractivity contribution in [1.29, 1.82) is 0 Å². The van der Waals surface area contributed by atoms with E-state index in [1.807, 2.05) is 30.3 Å². The Hall–Kier alpha value is -3.49. The van der Waals surface area contributed by atoms with Crippen LogP contribution in [0.3, 0.4) is 0 Å². The molecule has 1 N–H and O–H groups in total. The molecule has 0 radical (unpaired) electrons. The topological polar surface area (TPSA) is 90.3 Å². The number of rotatable bonds is 6. The molecule has 0 aliphatic heterocycles. The lowest BCUT2D eigenvalue weighted by Gasteiger charge is -2.16. The van der Waals surface area contributed by atoms with Gasteiger partial charge in [0.1, 0.15) is 22.4 Å². The van der Waals surface area contributed by atoms with E-state index < -0.39 is 17.6 Å². The summed E-state index contributed by atoms with van der Waals surface area (Å²) in [7, 11) is 0. The van der Waals surface area contributed by atoms with Crippen molar-refractivity contribution >= 4 is 50.7 Å². The minimum absolute atomic E-state index is 0.130. The second-order valence-electron chi connectivity index (χ2n) is 7.83. The van der Waals surface area contributed by atoms with Crippen molar-refractivity contribution in [2.45, 2.75) is 33.4 Å². The fraction of sp³-hybridized carbons (Fsp3) is 0.200. The van der Waals surface area contributed by atoms with Crippen molar-refractivity contribution in [2.75, 3.05) is 5.32 Å². The molecule has 9 heteroatoms. The number of hydrogen-bond donors (Lipinski definition) is 1. The number of ether oxygens (including phenoxy) is 1. The first kappa shape index (κ1) is 23.7.